The monoisotopic (exact) mass is 291 g/mol. The van der Waals surface area contributed by atoms with Crippen LogP contribution in [0.4, 0.5) is 0 Å². The van der Waals surface area contributed by atoms with E-state index in [2.05, 4.69) is 35.8 Å². The highest BCUT2D eigenvalue weighted by atomic mass is 16.4. The van der Waals surface area contributed by atoms with Crippen molar-refractivity contribution in [1.29, 1.82) is 0 Å². The second-order valence-electron chi connectivity index (χ2n) is 6.65. The molecule has 5 nitrogen and oxygen atoms in total. The van der Waals surface area contributed by atoms with Crippen LogP contribution in [-0.4, -0.2) is 44.7 Å². The summed E-state index contributed by atoms with van der Waals surface area (Å²) in [6, 6.07) is 4.06. The van der Waals surface area contributed by atoms with Crippen molar-refractivity contribution in [3.05, 3.63) is 30.1 Å². The van der Waals surface area contributed by atoms with Crippen LogP contribution in [-0.2, 0) is 11.3 Å². The van der Waals surface area contributed by atoms with Gasteiger partial charge in [-0.2, -0.15) is 0 Å². The van der Waals surface area contributed by atoms with E-state index < -0.39 is 5.97 Å². The summed E-state index contributed by atoms with van der Waals surface area (Å²) in [5.74, 6) is -0.852. The zero-order valence-electron chi connectivity index (χ0n) is 13.1. The lowest BCUT2D eigenvalue weighted by molar-refractivity contribution is -0.150. The van der Waals surface area contributed by atoms with E-state index in [4.69, 9.17) is 5.11 Å². The Kier molecular flexibility index (Phi) is 4.96. The largest absolute Gasteiger partial charge is 0.481 e. The summed E-state index contributed by atoms with van der Waals surface area (Å²) in [5, 5.41) is 13.8. The Balaban J connectivity index is 2.06. The fourth-order valence-corrected chi connectivity index (χ4v) is 2.78. The third-order valence-corrected chi connectivity index (χ3v) is 4.02. The number of hydrogen-bond acceptors (Lipinski definition) is 4. The highest BCUT2D eigenvalue weighted by Crippen LogP contribution is 2.25. The van der Waals surface area contributed by atoms with Gasteiger partial charge in [-0.05, 0) is 51.3 Å². The molecule has 1 aromatic rings. The predicted octanol–water partition coefficient (Wildman–Crippen LogP) is 2.39. The van der Waals surface area contributed by atoms with Gasteiger partial charge in [-0.25, -0.2) is 10.0 Å². The fraction of sp³-hybridized carbons (Fsp3) is 0.625. The molecule has 0 amide bonds. The number of aliphatic carboxylic acids is 1. The minimum atomic E-state index is -0.661. The van der Waals surface area contributed by atoms with Gasteiger partial charge in [-0.15, -0.1) is 0 Å². The molecule has 0 bridgehead atoms. The lowest BCUT2D eigenvalue weighted by atomic mass is 9.97. The summed E-state index contributed by atoms with van der Waals surface area (Å²) in [4.78, 5) is 15.1. The van der Waals surface area contributed by atoms with Gasteiger partial charge in [0.15, 0.2) is 0 Å². The lowest BCUT2D eigenvalue weighted by Crippen LogP contribution is -2.55. The van der Waals surface area contributed by atoms with Gasteiger partial charge in [0.2, 0.25) is 0 Å². The topological polar surface area (TPSA) is 56.7 Å². The summed E-state index contributed by atoms with van der Waals surface area (Å²) >= 11 is 0. The quantitative estimate of drug-likeness (QED) is 0.923. The molecule has 2 rings (SSSR count). The van der Waals surface area contributed by atoms with E-state index >= 15 is 0 Å². The summed E-state index contributed by atoms with van der Waals surface area (Å²) in [6.45, 7) is 9.01. The zero-order chi connectivity index (χ0) is 15.5. The van der Waals surface area contributed by atoms with Crippen molar-refractivity contribution < 1.29 is 9.90 Å². The van der Waals surface area contributed by atoms with E-state index in [9.17, 15) is 4.79 Å². The number of nitrogens with zero attached hydrogens (tertiary/aromatic N) is 3. The van der Waals surface area contributed by atoms with Gasteiger partial charge in [0, 0.05) is 37.6 Å². The molecule has 1 saturated heterocycles. The number of hydrazine groups is 1. The maximum atomic E-state index is 11.1. The van der Waals surface area contributed by atoms with Crippen LogP contribution < -0.4 is 0 Å². The summed E-state index contributed by atoms with van der Waals surface area (Å²) in [6.07, 6.45) is 5.07. The van der Waals surface area contributed by atoms with Crippen LogP contribution in [0.3, 0.4) is 0 Å². The molecule has 1 aliphatic heterocycles. The van der Waals surface area contributed by atoms with Crippen molar-refractivity contribution >= 4 is 5.97 Å². The minimum absolute atomic E-state index is 0.000664. The minimum Gasteiger partial charge on any atom is -0.481 e. The first-order chi connectivity index (χ1) is 9.88. The zero-order valence-corrected chi connectivity index (χ0v) is 13.1. The molecule has 5 heteroatoms. The Morgan fingerprint density at radius 1 is 1.33 bits per heavy atom. The van der Waals surface area contributed by atoms with Gasteiger partial charge in [0.1, 0.15) is 0 Å². The second-order valence-corrected chi connectivity index (χ2v) is 6.65. The number of rotatable bonds is 4. The standard InChI is InChI=1S/C16H25N3O2/c1-16(2,3)19(12-13-4-8-17-9-5-13)18-10-6-14(7-11-18)15(20)21/h4-5,8-9,14H,6-7,10-12H2,1-3H3,(H,20,21). The van der Waals surface area contributed by atoms with Crippen LogP contribution in [0.15, 0.2) is 24.5 Å². The molecule has 0 unspecified atom stereocenters. The molecule has 0 saturated carbocycles. The van der Waals surface area contributed by atoms with Crippen LogP contribution in [0, 0.1) is 5.92 Å². The van der Waals surface area contributed by atoms with Crippen LogP contribution in [0.5, 0.6) is 0 Å². The molecular formula is C16H25N3O2. The van der Waals surface area contributed by atoms with Crippen LogP contribution in [0.2, 0.25) is 0 Å². The molecule has 1 aromatic heterocycles. The first kappa shape index (κ1) is 15.9. The number of carboxylic acids is 1. The smallest absolute Gasteiger partial charge is 0.306 e. The van der Waals surface area contributed by atoms with Crippen molar-refractivity contribution in [2.45, 2.75) is 45.7 Å². The first-order valence-electron chi connectivity index (χ1n) is 7.52. The number of aromatic nitrogens is 1. The summed E-state index contributed by atoms with van der Waals surface area (Å²) in [5.41, 5.74) is 1.22. The van der Waals surface area contributed by atoms with Crippen molar-refractivity contribution in [2.24, 2.45) is 5.92 Å². The third-order valence-electron chi connectivity index (χ3n) is 4.02. The van der Waals surface area contributed by atoms with Crippen molar-refractivity contribution in [1.82, 2.24) is 15.0 Å². The molecular weight excluding hydrogens is 266 g/mol. The molecule has 1 aliphatic rings. The molecule has 116 valence electrons. The normalized spacial score (nSPS) is 18.1. The van der Waals surface area contributed by atoms with E-state index in [0.29, 0.717) is 0 Å². The molecule has 0 radical (unpaired) electrons. The van der Waals surface area contributed by atoms with Gasteiger partial charge in [0.25, 0.3) is 0 Å². The Labute approximate surface area is 126 Å². The number of carboxylic acid groups (broad SMARTS) is 1. The van der Waals surface area contributed by atoms with E-state index in [0.717, 1.165) is 32.5 Å². The number of carbonyl (C=O) groups is 1. The molecule has 1 fully saturated rings. The van der Waals surface area contributed by atoms with Crippen molar-refractivity contribution in [2.75, 3.05) is 13.1 Å². The molecule has 0 aromatic carbocycles. The van der Waals surface area contributed by atoms with Crippen molar-refractivity contribution in [3.8, 4) is 0 Å². The third kappa shape index (κ3) is 4.25. The van der Waals surface area contributed by atoms with Gasteiger partial charge >= 0.3 is 5.97 Å². The SMILES string of the molecule is CC(C)(C)N(Cc1ccncc1)N1CCC(C(=O)O)CC1. The molecule has 1 N–H and O–H groups in total. The fourth-order valence-electron chi connectivity index (χ4n) is 2.78. The number of pyridine rings is 1. The van der Waals surface area contributed by atoms with Crippen LogP contribution in [0.1, 0.15) is 39.2 Å². The average molecular weight is 291 g/mol. The lowest BCUT2D eigenvalue weighted by Gasteiger charge is -2.46. The number of hydrogen-bond donors (Lipinski definition) is 1. The summed E-state index contributed by atoms with van der Waals surface area (Å²) in [7, 11) is 0. The molecule has 2 heterocycles. The van der Waals surface area contributed by atoms with Gasteiger partial charge in [-0.1, -0.05) is 0 Å². The average Bonchev–Trinajstić information content (AvgIpc) is 2.45. The van der Waals surface area contributed by atoms with Gasteiger partial charge in [0.05, 0.1) is 5.92 Å². The Morgan fingerprint density at radius 3 is 2.38 bits per heavy atom. The van der Waals surface area contributed by atoms with Crippen molar-refractivity contribution in [3.63, 3.8) is 0 Å². The first-order valence-corrected chi connectivity index (χ1v) is 7.52. The number of piperidine rings is 1. The van der Waals surface area contributed by atoms with Crippen LogP contribution in [0.25, 0.3) is 0 Å². The molecule has 21 heavy (non-hydrogen) atoms. The second kappa shape index (κ2) is 6.54. The van der Waals surface area contributed by atoms with E-state index in [1.807, 2.05) is 24.5 Å². The Bertz CT molecular complexity index is 462. The van der Waals surface area contributed by atoms with Gasteiger partial charge in [-0.3, -0.25) is 9.78 Å². The van der Waals surface area contributed by atoms with E-state index in [1.54, 1.807) is 0 Å². The molecule has 0 aliphatic carbocycles. The maximum Gasteiger partial charge on any atom is 0.306 e. The highest BCUT2D eigenvalue weighted by molar-refractivity contribution is 5.70. The highest BCUT2D eigenvalue weighted by Gasteiger charge is 2.32. The Morgan fingerprint density at radius 2 is 1.90 bits per heavy atom. The van der Waals surface area contributed by atoms with Crippen LogP contribution >= 0.6 is 0 Å². The molecule has 0 atom stereocenters. The summed E-state index contributed by atoms with van der Waals surface area (Å²) < 4.78 is 0. The van der Waals surface area contributed by atoms with Gasteiger partial charge < -0.3 is 5.11 Å². The Hall–Kier alpha value is -1.46. The molecule has 0 spiro atoms. The van der Waals surface area contributed by atoms with E-state index in [1.165, 1.54) is 5.56 Å². The maximum absolute atomic E-state index is 11.1. The van der Waals surface area contributed by atoms with E-state index in [-0.39, 0.29) is 11.5 Å². The predicted molar refractivity (Wildman–Crippen MR) is 81.5 cm³/mol.